The highest BCUT2D eigenvalue weighted by Gasteiger charge is 2.49. The lowest BCUT2D eigenvalue weighted by atomic mass is 9.77. The number of para-hydroxylation sites is 1. The second kappa shape index (κ2) is 4.23. The average molecular weight is 279 g/mol. The van der Waals surface area contributed by atoms with Crippen LogP contribution < -0.4 is 4.90 Å². The van der Waals surface area contributed by atoms with Gasteiger partial charge in [-0.05, 0) is 31.4 Å². The molecule has 3 heterocycles. The van der Waals surface area contributed by atoms with E-state index in [-0.39, 0.29) is 0 Å². The molecule has 5 rings (SSSR count). The molecule has 108 valence electrons. The molecule has 2 heteroatoms. The first-order chi connectivity index (χ1) is 10.3. The number of rotatable bonds is 0. The fourth-order valence-corrected chi connectivity index (χ4v) is 5.29. The van der Waals surface area contributed by atoms with Gasteiger partial charge in [-0.1, -0.05) is 29.8 Å². The van der Waals surface area contributed by atoms with E-state index in [1.54, 1.807) is 16.8 Å². The van der Waals surface area contributed by atoms with Gasteiger partial charge in [-0.15, -0.1) is 0 Å². The van der Waals surface area contributed by atoms with Gasteiger partial charge in [0.1, 0.15) is 6.04 Å². The maximum absolute atomic E-state index is 3.79. The smallest absolute Gasteiger partial charge is 0.132 e. The van der Waals surface area contributed by atoms with Crippen molar-refractivity contribution < 1.29 is 4.90 Å². The van der Waals surface area contributed by atoms with E-state index in [2.05, 4.69) is 42.2 Å². The number of aromatic amines is 1. The van der Waals surface area contributed by atoms with Gasteiger partial charge in [-0.25, -0.2) is 0 Å². The molecule has 1 fully saturated rings. The number of H-pyrrole nitrogens is 1. The summed E-state index contributed by atoms with van der Waals surface area (Å²) in [6.45, 7) is 5.03. The molecule has 1 aliphatic carbocycles. The predicted octanol–water partition coefficient (Wildman–Crippen LogP) is 2.64. The van der Waals surface area contributed by atoms with Crippen molar-refractivity contribution in [1.82, 2.24) is 4.98 Å². The zero-order valence-corrected chi connectivity index (χ0v) is 12.7. The summed E-state index contributed by atoms with van der Waals surface area (Å²) in [6, 6.07) is 9.59. The van der Waals surface area contributed by atoms with Crippen molar-refractivity contribution in [2.75, 3.05) is 13.1 Å². The van der Waals surface area contributed by atoms with Crippen LogP contribution in [0.5, 0.6) is 0 Å². The van der Waals surface area contributed by atoms with E-state index in [0.717, 1.165) is 17.9 Å². The van der Waals surface area contributed by atoms with Crippen molar-refractivity contribution in [3.8, 4) is 0 Å². The van der Waals surface area contributed by atoms with Crippen molar-refractivity contribution in [2.24, 2.45) is 11.8 Å². The number of aromatic nitrogens is 1. The third kappa shape index (κ3) is 1.63. The summed E-state index contributed by atoms with van der Waals surface area (Å²) in [4.78, 5) is 5.63. The number of allylic oxidation sites excluding steroid dienone is 2. The Kier molecular flexibility index (Phi) is 2.43. The van der Waals surface area contributed by atoms with Crippen molar-refractivity contribution >= 4 is 10.9 Å². The maximum atomic E-state index is 3.79. The Morgan fingerprint density at radius 1 is 1.24 bits per heavy atom. The minimum absolute atomic E-state index is 0.718. The summed E-state index contributed by atoms with van der Waals surface area (Å²) in [7, 11) is 0. The molecule has 4 atom stereocenters. The van der Waals surface area contributed by atoms with Crippen LogP contribution in [0.1, 0.15) is 37.1 Å². The van der Waals surface area contributed by atoms with Crippen LogP contribution in [0.25, 0.3) is 10.9 Å². The van der Waals surface area contributed by atoms with Gasteiger partial charge in [0.05, 0.1) is 18.8 Å². The minimum Gasteiger partial charge on any atom is -0.353 e. The molecule has 2 aliphatic heterocycles. The molecular formula is C19H23N2+. The molecule has 2 aromatic rings. The summed E-state index contributed by atoms with van der Waals surface area (Å²) in [5, 5.41) is 1.47. The van der Waals surface area contributed by atoms with Crippen LogP contribution in [0.4, 0.5) is 0 Å². The van der Waals surface area contributed by atoms with Crippen LogP contribution in [-0.4, -0.2) is 18.1 Å². The first kappa shape index (κ1) is 12.0. The topological polar surface area (TPSA) is 20.2 Å². The lowest BCUT2D eigenvalue weighted by Gasteiger charge is -2.30. The fourth-order valence-electron chi connectivity index (χ4n) is 5.29. The quantitative estimate of drug-likeness (QED) is 0.692. The highest BCUT2D eigenvalue weighted by atomic mass is 15.2. The molecule has 0 amide bonds. The Morgan fingerprint density at radius 3 is 3.10 bits per heavy atom. The third-order valence-corrected chi connectivity index (χ3v) is 6.17. The number of quaternary nitrogens is 1. The number of fused-ring (bicyclic) bond motifs is 7. The molecule has 3 aliphatic rings. The lowest BCUT2D eigenvalue weighted by molar-refractivity contribution is -0.923. The summed E-state index contributed by atoms with van der Waals surface area (Å²) in [6.07, 6.45) is 6.37. The summed E-state index contributed by atoms with van der Waals surface area (Å²) in [5.74, 6) is 1.77. The number of hydrogen-bond acceptors (Lipinski definition) is 0. The largest absolute Gasteiger partial charge is 0.353 e. The second-order valence-electron chi connectivity index (χ2n) is 7.32. The van der Waals surface area contributed by atoms with Crippen molar-refractivity contribution in [3.63, 3.8) is 0 Å². The molecule has 0 bridgehead atoms. The van der Waals surface area contributed by atoms with Gasteiger partial charge < -0.3 is 9.88 Å². The molecule has 1 aromatic carbocycles. The van der Waals surface area contributed by atoms with Crippen LogP contribution in [0, 0.1) is 11.8 Å². The van der Waals surface area contributed by atoms with E-state index in [1.807, 2.05) is 4.90 Å². The monoisotopic (exact) mass is 279 g/mol. The lowest BCUT2D eigenvalue weighted by Crippen LogP contribution is -3.11. The zero-order valence-electron chi connectivity index (χ0n) is 12.7. The van der Waals surface area contributed by atoms with Crippen LogP contribution in [0.3, 0.4) is 0 Å². The first-order valence-corrected chi connectivity index (χ1v) is 8.41. The van der Waals surface area contributed by atoms with Gasteiger partial charge in [0.2, 0.25) is 0 Å². The summed E-state index contributed by atoms with van der Waals surface area (Å²) in [5.41, 5.74) is 6.14. The summed E-state index contributed by atoms with van der Waals surface area (Å²) >= 11 is 0. The molecule has 1 aromatic heterocycles. The van der Waals surface area contributed by atoms with Crippen molar-refractivity contribution in [1.29, 1.82) is 0 Å². The van der Waals surface area contributed by atoms with Gasteiger partial charge in [-0.2, -0.15) is 0 Å². The molecule has 0 spiro atoms. The predicted molar refractivity (Wildman–Crippen MR) is 85.4 cm³/mol. The normalized spacial score (nSPS) is 34.2. The summed E-state index contributed by atoms with van der Waals surface area (Å²) < 4.78 is 0. The molecule has 1 saturated heterocycles. The van der Waals surface area contributed by atoms with E-state index < -0.39 is 0 Å². The SMILES string of the molecule is CC1=CC[C@@H]2[C@H](C1)C[NH+]1CCc3c([nH]c4ccccc34)[C@H]21. The maximum Gasteiger partial charge on any atom is 0.132 e. The molecule has 0 saturated carbocycles. The van der Waals surface area contributed by atoms with Gasteiger partial charge >= 0.3 is 0 Å². The van der Waals surface area contributed by atoms with Crippen molar-refractivity contribution in [3.05, 3.63) is 47.2 Å². The van der Waals surface area contributed by atoms with E-state index in [4.69, 9.17) is 0 Å². The number of nitrogens with one attached hydrogen (secondary N) is 2. The number of hydrogen-bond donors (Lipinski definition) is 2. The number of benzene rings is 1. The standard InChI is InChI=1S/C19H22N2/c1-12-6-7-14-13(10-12)11-21-9-8-16-15-4-2-3-5-17(15)20-18(16)19(14)21/h2-6,13-14,19-20H,7-11H2,1H3/p+1/t13-,14-,19+/m1/s1. The Bertz CT molecular complexity index is 739. The van der Waals surface area contributed by atoms with Gasteiger partial charge in [0.15, 0.2) is 0 Å². The van der Waals surface area contributed by atoms with Gasteiger partial charge in [0.25, 0.3) is 0 Å². The van der Waals surface area contributed by atoms with E-state index >= 15 is 0 Å². The third-order valence-electron chi connectivity index (χ3n) is 6.17. The van der Waals surface area contributed by atoms with Gasteiger partial charge in [0, 0.05) is 29.2 Å². The highest BCUT2D eigenvalue weighted by Crippen LogP contribution is 2.42. The molecule has 2 N–H and O–H groups in total. The highest BCUT2D eigenvalue weighted by molar-refractivity contribution is 5.85. The molecule has 1 unspecified atom stereocenters. The molecule has 21 heavy (non-hydrogen) atoms. The Hall–Kier alpha value is -1.54. The second-order valence-corrected chi connectivity index (χ2v) is 7.32. The van der Waals surface area contributed by atoms with Crippen LogP contribution in [0.2, 0.25) is 0 Å². The molecular weight excluding hydrogens is 256 g/mol. The van der Waals surface area contributed by atoms with Crippen molar-refractivity contribution in [2.45, 2.75) is 32.2 Å². The molecule has 0 radical (unpaired) electrons. The Labute approximate surface area is 125 Å². The van der Waals surface area contributed by atoms with E-state index in [9.17, 15) is 0 Å². The van der Waals surface area contributed by atoms with Crippen LogP contribution >= 0.6 is 0 Å². The van der Waals surface area contributed by atoms with Gasteiger partial charge in [-0.3, -0.25) is 0 Å². The van der Waals surface area contributed by atoms with E-state index in [0.29, 0.717) is 0 Å². The zero-order chi connectivity index (χ0) is 14.0. The average Bonchev–Trinajstić information content (AvgIpc) is 3.03. The van der Waals surface area contributed by atoms with Crippen LogP contribution in [-0.2, 0) is 6.42 Å². The minimum atomic E-state index is 0.718. The van der Waals surface area contributed by atoms with Crippen LogP contribution in [0.15, 0.2) is 35.9 Å². The Morgan fingerprint density at radius 2 is 2.14 bits per heavy atom. The Balaban J connectivity index is 1.64. The fraction of sp³-hybridized carbons (Fsp3) is 0.474. The van der Waals surface area contributed by atoms with E-state index in [1.165, 1.54) is 43.3 Å². The molecule has 2 nitrogen and oxygen atoms in total. The first-order valence-electron chi connectivity index (χ1n) is 8.41.